The lowest BCUT2D eigenvalue weighted by Crippen LogP contribution is -2.22. The molecule has 2 N–H and O–H groups in total. The zero-order valence-corrected chi connectivity index (χ0v) is 21.2. The Kier molecular flexibility index (Phi) is 7.11. The average Bonchev–Trinajstić information content (AvgIpc) is 3.21. The van der Waals surface area contributed by atoms with Crippen LogP contribution in [0, 0.1) is 6.92 Å². The van der Waals surface area contributed by atoms with Gasteiger partial charge in [0.15, 0.2) is 5.13 Å². The number of anilines is 2. The van der Waals surface area contributed by atoms with Crippen molar-refractivity contribution in [3.8, 4) is 5.75 Å². The van der Waals surface area contributed by atoms with Crippen molar-refractivity contribution in [3.63, 3.8) is 0 Å². The standard InChI is InChI=1S/C24H23N3O4S3/c1-15-4-11-20(12-5-15)34(29,30)27-17-6-9-19(10-7-17)32-16(2)23(28)26-24-25-21-13-8-18(31-3)14-22(21)33-24/h4-14,16,27H,1-3H3,(H,25,26,28). The smallest absolute Gasteiger partial charge is 0.261 e. The summed E-state index contributed by atoms with van der Waals surface area (Å²) in [4.78, 5) is 18.2. The third-order valence-corrected chi connectivity index (χ3v) is 8.39. The second kappa shape index (κ2) is 10.0. The molecule has 7 nitrogen and oxygen atoms in total. The molecule has 0 radical (unpaired) electrons. The Balaban J connectivity index is 1.37. The van der Waals surface area contributed by atoms with Gasteiger partial charge in [0.05, 0.1) is 27.5 Å². The Morgan fingerprint density at radius 2 is 1.76 bits per heavy atom. The van der Waals surface area contributed by atoms with E-state index < -0.39 is 10.0 Å². The monoisotopic (exact) mass is 513 g/mol. The van der Waals surface area contributed by atoms with Crippen LogP contribution in [-0.2, 0) is 14.8 Å². The third kappa shape index (κ3) is 5.69. The Morgan fingerprint density at radius 3 is 2.44 bits per heavy atom. The minimum atomic E-state index is -3.66. The molecule has 1 atom stereocenters. The Morgan fingerprint density at radius 1 is 1.06 bits per heavy atom. The second-order valence-corrected chi connectivity index (χ2v) is 11.7. The molecule has 34 heavy (non-hydrogen) atoms. The minimum Gasteiger partial charge on any atom is -0.497 e. The quantitative estimate of drug-likeness (QED) is 0.301. The first-order valence-corrected chi connectivity index (χ1v) is 13.5. The fourth-order valence-electron chi connectivity index (χ4n) is 3.08. The molecule has 176 valence electrons. The normalized spacial score (nSPS) is 12.3. The van der Waals surface area contributed by atoms with E-state index in [9.17, 15) is 13.2 Å². The van der Waals surface area contributed by atoms with Crippen molar-refractivity contribution in [2.75, 3.05) is 17.1 Å². The van der Waals surface area contributed by atoms with Gasteiger partial charge in [-0.25, -0.2) is 13.4 Å². The maximum atomic E-state index is 12.7. The van der Waals surface area contributed by atoms with Crippen LogP contribution in [0.4, 0.5) is 10.8 Å². The zero-order chi connectivity index (χ0) is 24.3. The van der Waals surface area contributed by atoms with Crippen LogP contribution in [0.15, 0.2) is 76.5 Å². The van der Waals surface area contributed by atoms with Crippen LogP contribution >= 0.6 is 23.1 Å². The number of aryl methyl sites for hydroxylation is 1. The van der Waals surface area contributed by atoms with Gasteiger partial charge in [-0.2, -0.15) is 0 Å². The highest BCUT2D eigenvalue weighted by Gasteiger charge is 2.18. The number of benzene rings is 3. The van der Waals surface area contributed by atoms with Crippen molar-refractivity contribution in [2.24, 2.45) is 0 Å². The Hall–Kier alpha value is -3.08. The summed E-state index contributed by atoms with van der Waals surface area (Å²) in [6.45, 7) is 3.71. The second-order valence-electron chi connectivity index (χ2n) is 7.54. The molecule has 0 aliphatic rings. The van der Waals surface area contributed by atoms with Crippen molar-refractivity contribution < 1.29 is 17.9 Å². The molecule has 1 unspecified atom stereocenters. The van der Waals surface area contributed by atoms with Crippen LogP contribution in [-0.4, -0.2) is 31.7 Å². The van der Waals surface area contributed by atoms with Crippen LogP contribution in [0.25, 0.3) is 10.2 Å². The van der Waals surface area contributed by atoms with Crippen molar-refractivity contribution in [2.45, 2.75) is 28.9 Å². The van der Waals surface area contributed by atoms with Crippen molar-refractivity contribution in [1.29, 1.82) is 0 Å². The van der Waals surface area contributed by atoms with Gasteiger partial charge in [0, 0.05) is 10.6 Å². The van der Waals surface area contributed by atoms with Gasteiger partial charge in [-0.15, -0.1) is 11.8 Å². The SMILES string of the molecule is COc1ccc2nc(NC(=O)C(C)Sc3ccc(NS(=O)(=O)c4ccc(C)cc4)cc3)sc2c1. The van der Waals surface area contributed by atoms with E-state index >= 15 is 0 Å². The van der Waals surface area contributed by atoms with Crippen LogP contribution in [0.2, 0.25) is 0 Å². The predicted molar refractivity (Wildman–Crippen MR) is 139 cm³/mol. The first kappa shape index (κ1) is 24.1. The number of thiazole rings is 1. The van der Waals surface area contributed by atoms with E-state index in [0.717, 1.165) is 26.4 Å². The number of carbonyl (C=O) groups is 1. The number of amides is 1. The Bertz CT molecular complexity index is 1420. The van der Waals surface area contributed by atoms with Gasteiger partial charge in [-0.3, -0.25) is 9.52 Å². The minimum absolute atomic E-state index is 0.167. The molecule has 0 fully saturated rings. The molecule has 1 amide bonds. The molecule has 0 aliphatic carbocycles. The highest BCUT2D eigenvalue weighted by Crippen LogP contribution is 2.31. The molecule has 0 bridgehead atoms. The van der Waals surface area contributed by atoms with Gasteiger partial charge in [-0.1, -0.05) is 29.0 Å². The Labute approximate surface area is 206 Å². The number of rotatable bonds is 8. The summed E-state index contributed by atoms with van der Waals surface area (Å²) in [5.74, 6) is 0.572. The fourth-order valence-corrected chi connectivity index (χ4v) is 5.91. The van der Waals surface area contributed by atoms with Gasteiger partial charge in [0.25, 0.3) is 10.0 Å². The summed E-state index contributed by atoms with van der Waals surface area (Å²) in [5, 5.41) is 3.02. The number of ether oxygens (including phenoxy) is 1. The number of sulfonamides is 1. The molecule has 0 saturated carbocycles. The highest BCUT2D eigenvalue weighted by atomic mass is 32.2. The largest absolute Gasteiger partial charge is 0.497 e. The van der Waals surface area contributed by atoms with E-state index in [-0.39, 0.29) is 16.1 Å². The topological polar surface area (TPSA) is 97.4 Å². The third-order valence-electron chi connectivity index (χ3n) is 4.95. The number of thioether (sulfide) groups is 1. The number of fused-ring (bicyclic) bond motifs is 1. The summed E-state index contributed by atoms with van der Waals surface area (Å²) >= 11 is 2.76. The van der Waals surface area contributed by atoms with Gasteiger partial charge in [0.1, 0.15) is 5.75 Å². The number of aromatic nitrogens is 1. The molecule has 4 aromatic rings. The van der Waals surface area contributed by atoms with E-state index in [1.165, 1.54) is 23.1 Å². The molecule has 0 aliphatic heterocycles. The van der Waals surface area contributed by atoms with Gasteiger partial charge < -0.3 is 10.1 Å². The van der Waals surface area contributed by atoms with Crippen LogP contribution < -0.4 is 14.8 Å². The van der Waals surface area contributed by atoms with E-state index in [2.05, 4.69) is 15.0 Å². The first-order valence-electron chi connectivity index (χ1n) is 10.4. The van der Waals surface area contributed by atoms with Crippen molar-refractivity contribution in [3.05, 3.63) is 72.3 Å². The van der Waals surface area contributed by atoms with Crippen molar-refractivity contribution in [1.82, 2.24) is 4.98 Å². The number of carbonyl (C=O) groups excluding carboxylic acids is 1. The molecule has 0 spiro atoms. The number of methoxy groups -OCH3 is 1. The van der Waals surface area contributed by atoms with Crippen molar-refractivity contribution >= 4 is 60.1 Å². The molecule has 1 aromatic heterocycles. The zero-order valence-electron chi connectivity index (χ0n) is 18.7. The number of nitrogens with one attached hydrogen (secondary N) is 2. The maximum absolute atomic E-state index is 12.7. The lowest BCUT2D eigenvalue weighted by Gasteiger charge is -2.12. The van der Waals surface area contributed by atoms with E-state index in [1.807, 2.05) is 32.0 Å². The maximum Gasteiger partial charge on any atom is 0.261 e. The predicted octanol–water partition coefficient (Wildman–Crippen LogP) is 5.53. The van der Waals surface area contributed by atoms with Gasteiger partial charge in [-0.05, 0) is 68.4 Å². The summed E-state index contributed by atoms with van der Waals surface area (Å²) in [7, 11) is -2.06. The van der Waals surface area contributed by atoms with Gasteiger partial charge >= 0.3 is 0 Å². The molecular formula is C24H23N3O4S3. The first-order chi connectivity index (χ1) is 16.2. The van der Waals surface area contributed by atoms with Crippen LogP contribution in [0.3, 0.4) is 0 Å². The molecular weight excluding hydrogens is 490 g/mol. The summed E-state index contributed by atoms with van der Waals surface area (Å²) in [6, 6.07) is 19.2. The number of hydrogen-bond donors (Lipinski definition) is 2. The molecule has 3 aromatic carbocycles. The van der Waals surface area contributed by atoms with Gasteiger partial charge in [0.2, 0.25) is 5.91 Å². The average molecular weight is 514 g/mol. The van der Waals surface area contributed by atoms with E-state index in [4.69, 9.17) is 4.74 Å². The molecule has 0 saturated heterocycles. The van der Waals surface area contributed by atoms with E-state index in [0.29, 0.717) is 10.8 Å². The highest BCUT2D eigenvalue weighted by molar-refractivity contribution is 8.00. The van der Waals surface area contributed by atoms with Crippen LogP contribution in [0.1, 0.15) is 12.5 Å². The summed E-state index contributed by atoms with van der Waals surface area (Å²) in [6.07, 6.45) is 0. The van der Waals surface area contributed by atoms with E-state index in [1.54, 1.807) is 55.6 Å². The summed E-state index contributed by atoms with van der Waals surface area (Å²) in [5.41, 5.74) is 2.24. The summed E-state index contributed by atoms with van der Waals surface area (Å²) < 4.78 is 33.9. The lowest BCUT2D eigenvalue weighted by atomic mass is 10.2. The number of hydrogen-bond acceptors (Lipinski definition) is 7. The molecule has 10 heteroatoms. The lowest BCUT2D eigenvalue weighted by molar-refractivity contribution is -0.115. The molecule has 4 rings (SSSR count). The molecule has 1 heterocycles. The number of nitrogens with zero attached hydrogens (tertiary/aromatic N) is 1. The van der Waals surface area contributed by atoms with Crippen LogP contribution in [0.5, 0.6) is 5.75 Å². The fraction of sp³-hybridized carbons (Fsp3) is 0.167.